The van der Waals surface area contributed by atoms with Crippen LogP contribution in [0.25, 0.3) is 0 Å². The third kappa shape index (κ3) is 2.17. The number of carboxylic acids is 1. The maximum atomic E-state index is 13.8. The number of carbonyl (C=O) groups is 1. The number of anilines is 1. The standard InChI is InChI=1S/C14H15F2NO2/c15-10-5-9(14(18)19)6-11(16)13(10)17-12-4-7-1-2-8(12)3-7/h5-8,12,17H,1-4H2,(H,18,19). The molecule has 5 heteroatoms. The van der Waals surface area contributed by atoms with Crippen molar-refractivity contribution in [2.24, 2.45) is 11.8 Å². The van der Waals surface area contributed by atoms with E-state index in [9.17, 15) is 13.6 Å². The van der Waals surface area contributed by atoms with Gasteiger partial charge in [0.1, 0.15) is 17.3 Å². The van der Waals surface area contributed by atoms with Gasteiger partial charge in [-0.2, -0.15) is 0 Å². The summed E-state index contributed by atoms with van der Waals surface area (Å²) >= 11 is 0. The zero-order chi connectivity index (χ0) is 13.6. The smallest absolute Gasteiger partial charge is 0.335 e. The van der Waals surface area contributed by atoms with Crippen molar-refractivity contribution in [3.05, 3.63) is 29.3 Å². The molecule has 1 aromatic carbocycles. The third-order valence-electron chi connectivity index (χ3n) is 4.36. The molecule has 2 aliphatic rings. The summed E-state index contributed by atoms with van der Waals surface area (Å²) in [6.45, 7) is 0. The Balaban J connectivity index is 1.83. The molecule has 0 aliphatic heterocycles. The molecule has 3 atom stereocenters. The summed E-state index contributed by atoms with van der Waals surface area (Å²) in [5.74, 6) is -1.83. The highest BCUT2D eigenvalue weighted by Crippen LogP contribution is 2.45. The van der Waals surface area contributed by atoms with Crippen molar-refractivity contribution in [2.45, 2.75) is 31.7 Å². The van der Waals surface area contributed by atoms with Crippen molar-refractivity contribution < 1.29 is 18.7 Å². The molecule has 0 aromatic heterocycles. The second kappa shape index (κ2) is 4.47. The molecular formula is C14H15F2NO2. The van der Waals surface area contributed by atoms with Crippen LogP contribution in [0.1, 0.15) is 36.0 Å². The number of aromatic carboxylic acids is 1. The Morgan fingerprint density at radius 1 is 1.21 bits per heavy atom. The minimum absolute atomic E-state index is 0.110. The molecular weight excluding hydrogens is 252 g/mol. The van der Waals surface area contributed by atoms with E-state index in [1.807, 2.05) is 0 Å². The van der Waals surface area contributed by atoms with Gasteiger partial charge in [-0.1, -0.05) is 6.42 Å². The molecule has 0 heterocycles. The van der Waals surface area contributed by atoms with E-state index in [-0.39, 0.29) is 17.3 Å². The Kier molecular flexibility index (Phi) is 2.92. The zero-order valence-electron chi connectivity index (χ0n) is 10.3. The number of halogens is 2. The van der Waals surface area contributed by atoms with Crippen LogP contribution in [0.2, 0.25) is 0 Å². The summed E-state index contributed by atoms with van der Waals surface area (Å²) < 4.78 is 27.6. The first-order chi connectivity index (χ1) is 9.04. The van der Waals surface area contributed by atoms with E-state index in [4.69, 9.17) is 5.11 Å². The van der Waals surface area contributed by atoms with Gasteiger partial charge >= 0.3 is 5.97 Å². The first-order valence-electron chi connectivity index (χ1n) is 6.53. The topological polar surface area (TPSA) is 49.3 Å². The summed E-state index contributed by atoms with van der Waals surface area (Å²) in [6.07, 6.45) is 4.41. The van der Waals surface area contributed by atoms with Crippen molar-refractivity contribution in [3.8, 4) is 0 Å². The fourth-order valence-corrected chi connectivity index (χ4v) is 3.44. The molecule has 19 heavy (non-hydrogen) atoms. The average molecular weight is 267 g/mol. The van der Waals surface area contributed by atoms with Gasteiger partial charge in [-0.05, 0) is 43.2 Å². The molecule has 3 unspecified atom stereocenters. The molecule has 102 valence electrons. The number of carboxylic acid groups (broad SMARTS) is 1. The van der Waals surface area contributed by atoms with Gasteiger partial charge in [0.25, 0.3) is 0 Å². The number of nitrogens with one attached hydrogen (secondary N) is 1. The Bertz CT molecular complexity index is 509. The number of hydrogen-bond donors (Lipinski definition) is 2. The Labute approximate surface area is 109 Å². The summed E-state index contributed by atoms with van der Waals surface area (Å²) in [4.78, 5) is 10.7. The van der Waals surface area contributed by atoms with Gasteiger partial charge in [0.15, 0.2) is 0 Å². The molecule has 2 saturated carbocycles. The minimum Gasteiger partial charge on any atom is -0.478 e. The van der Waals surface area contributed by atoms with Crippen LogP contribution in [-0.2, 0) is 0 Å². The van der Waals surface area contributed by atoms with Gasteiger partial charge < -0.3 is 10.4 Å². The van der Waals surface area contributed by atoms with Crippen molar-refractivity contribution >= 4 is 11.7 Å². The lowest BCUT2D eigenvalue weighted by atomic mass is 9.95. The van der Waals surface area contributed by atoms with Gasteiger partial charge in [-0.25, -0.2) is 13.6 Å². The number of rotatable bonds is 3. The Morgan fingerprint density at radius 2 is 1.89 bits per heavy atom. The maximum Gasteiger partial charge on any atom is 0.335 e. The lowest BCUT2D eigenvalue weighted by Crippen LogP contribution is -2.27. The van der Waals surface area contributed by atoms with Crippen LogP contribution in [0.5, 0.6) is 0 Å². The number of hydrogen-bond acceptors (Lipinski definition) is 2. The Morgan fingerprint density at radius 3 is 2.37 bits per heavy atom. The van der Waals surface area contributed by atoms with Crippen LogP contribution in [0.4, 0.5) is 14.5 Å². The normalized spacial score (nSPS) is 28.6. The van der Waals surface area contributed by atoms with Crippen LogP contribution < -0.4 is 5.32 Å². The zero-order valence-corrected chi connectivity index (χ0v) is 10.3. The van der Waals surface area contributed by atoms with Gasteiger partial charge in [-0.3, -0.25) is 0 Å². The molecule has 2 fully saturated rings. The molecule has 1 aromatic rings. The lowest BCUT2D eigenvalue weighted by molar-refractivity contribution is 0.0696. The average Bonchev–Trinajstić information content (AvgIpc) is 2.95. The second-order valence-electron chi connectivity index (χ2n) is 5.55. The van der Waals surface area contributed by atoms with Crippen LogP contribution in [0.3, 0.4) is 0 Å². The summed E-state index contributed by atoms with van der Waals surface area (Å²) in [5, 5.41) is 11.7. The fraction of sp³-hybridized carbons (Fsp3) is 0.500. The summed E-state index contributed by atoms with van der Waals surface area (Å²) in [7, 11) is 0. The quantitative estimate of drug-likeness (QED) is 0.883. The highest BCUT2D eigenvalue weighted by molar-refractivity contribution is 5.88. The van der Waals surface area contributed by atoms with Crippen molar-refractivity contribution in [1.29, 1.82) is 0 Å². The molecule has 2 N–H and O–H groups in total. The highest BCUT2D eigenvalue weighted by atomic mass is 19.1. The fourth-order valence-electron chi connectivity index (χ4n) is 3.44. The van der Waals surface area contributed by atoms with Crippen molar-refractivity contribution in [3.63, 3.8) is 0 Å². The van der Waals surface area contributed by atoms with E-state index in [1.165, 1.54) is 6.42 Å². The van der Waals surface area contributed by atoms with E-state index < -0.39 is 17.6 Å². The predicted molar refractivity (Wildman–Crippen MR) is 66.2 cm³/mol. The molecule has 0 spiro atoms. The maximum absolute atomic E-state index is 13.8. The molecule has 3 rings (SSSR count). The van der Waals surface area contributed by atoms with Crippen LogP contribution in [0.15, 0.2) is 12.1 Å². The molecule has 0 radical (unpaired) electrons. The SMILES string of the molecule is O=C(O)c1cc(F)c(NC2CC3CCC2C3)c(F)c1. The molecule has 2 bridgehead atoms. The third-order valence-corrected chi connectivity index (χ3v) is 4.36. The second-order valence-corrected chi connectivity index (χ2v) is 5.55. The van der Waals surface area contributed by atoms with Crippen molar-refractivity contribution in [1.82, 2.24) is 0 Å². The van der Waals surface area contributed by atoms with E-state index >= 15 is 0 Å². The number of fused-ring (bicyclic) bond motifs is 2. The van der Waals surface area contributed by atoms with Crippen LogP contribution in [-0.4, -0.2) is 17.1 Å². The largest absolute Gasteiger partial charge is 0.478 e. The summed E-state index contributed by atoms with van der Waals surface area (Å²) in [5.41, 5.74) is -0.559. The lowest BCUT2D eigenvalue weighted by Gasteiger charge is -2.24. The van der Waals surface area contributed by atoms with Crippen LogP contribution >= 0.6 is 0 Å². The predicted octanol–water partition coefficient (Wildman–Crippen LogP) is 3.26. The Hall–Kier alpha value is -1.65. The van der Waals surface area contributed by atoms with Gasteiger partial charge in [0.05, 0.1) is 5.56 Å². The van der Waals surface area contributed by atoms with E-state index in [2.05, 4.69) is 5.32 Å². The van der Waals surface area contributed by atoms with E-state index in [0.29, 0.717) is 11.8 Å². The first-order valence-corrected chi connectivity index (χ1v) is 6.53. The molecule has 2 aliphatic carbocycles. The van der Waals surface area contributed by atoms with Crippen LogP contribution in [0, 0.1) is 23.5 Å². The van der Waals surface area contributed by atoms with E-state index in [1.54, 1.807) is 0 Å². The summed E-state index contributed by atoms with van der Waals surface area (Å²) in [6, 6.07) is 1.83. The van der Waals surface area contributed by atoms with E-state index in [0.717, 1.165) is 31.4 Å². The molecule has 0 amide bonds. The van der Waals surface area contributed by atoms with Gasteiger partial charge in [0, 0.05) is 6.04 Å². The molecule has 0 saturated heterocycles. The number of benzene rings is 1. The van der Waals surface area contributed by atoms with Crippen molar-refractivity contribution in [2.75, 3.05) is 5.32 Å². The molecule has 3 nitrogen and oxygen atoms in total. The monoisotopic (exact) mass is 267 g/mol. The van der Waals surface area contributed by atoms with Gasteiger partial charge in [-0.15, -0.1) is 0 Å². The van der Waals surface area contributed by atoms with Gasteiger partial charge in [0.2, 0.25) is 0 Å². The minimum atomic E-state index is -1.33. The first kappa shape index (κ1) is 12.4. The highest BCUT2D eigenvalue weighted by Gasteiger charge is 2.40.